The number of hydrogen-bond donors (Lipinski definition) is 2. The zero-order valence-electron chi connectivity index (χ0n) is 13.4. The van der Waals surface area contributed by atoms with Gasteiger partial charge in [-0.05, 0) is 42.3 Å². The van der Waals surface area contributed by atoms with Crippen LogP contribution < -0.4 is 10.5 Å². The van der Waals surface area contributed by atoms with Gasteiger partial charge in [-0.15, -0.1) is 0 Å². The number of carbonyl (C=O) groups is 2. The Labute approximate surface area is 134 Å². The second kappa shape index (κ2) is 8.63. The predicted octanol–water partition coefficient (Wildman–Crippen LogP) is 3.14. The van der Waals surface area contributed by atoms with Gasteiger partial charge >= 0.3 is 12.1 Å². The quantitative estimate of drug-likeness (QED) is 0.902. The highest BCUT2D eigenvalue weighted by Crippen LogP contribution is 2.25. The van der Waals surface area contributed by atoms with E-state index < -0.39 is 18.0 Å². The first kappa shape index (κ1) is 18.3. The number of aliphatic carboxylic acids is 1. The Balaban J connectivity index is 0.000000379. The van der Waals surface area contributed by atoms with Gasteiger partial charge in [-0.25, -0.2) is 4.79 Å². The third kappa shape index (κ3) is 5.50. The van der Waals surface area contributed by atoms with Crippen molar-refractivity contribution in [2.45, 2.75) is 19.8 Å². The highest BCUT2D eigenvalue weighted by molar-refractivity contribution is 5.86. The molecule has 0 aliphatic carbocycles. The van der Waals surface area contributed by atoms with Crippen molar-refractivity contribution in [2.75, 3.05) is 13.7 Å². The number of fused-ring (bicyclic) bond motifs is 1. The molecule has 0 radical (unpaired) electrons. The SMILES string of the molecule is CCOC(N)=O.COc1ccc2cc([C@H](C)C(=O)O)ccc2c1. The second-order valence-electron chi connectivity index (χ2n) is 4.78. The highest BCUT2D eigenvalue weighted by Gasteiger charge is 2.13. The molecule has 0 fully saturated rings. The summed E-state index contributed by atoms with van der Waals surface area (Å²) in [4.78, 5) is 20.5. The van der Waals surface area contributed by atoms with Crippen LogP contribution in [0.2, 0.25) is 0 Å². The van der Waals surface area contributed by atoms with Crippen LogP contribution in [0.3, 0.4) is 0 Å². The zero-order chi connectivity index (χ0) is 17.4. The molecule has 0 bridgehead atoms. The maximum atomic E-state index is 10.9. The van der Waals surface area contributed by atoms with Crippen LogP contribution in [0, 0.1) is 0 Å². The molecule has 0 unspecified atom stereocenters. The molecule has 1 atom stereocenters. The van der Waals surface area contributed by atoms with Gasteiger partial charge in [-0.2, -0.15) is 0 Å². The van der Waals surface area contributed by atoms with Gasteiger partial charge in [0, 0.05) is 0 Å². The van der Waals surface area contributed by atoms with Crippen molar-refractivity contribution in [3.05, 3.63) is 42.0 Å². The van der Waals surface area contributed by atoms with Crippen LogP contribution in [0.25, 0.3) is 10.8 Å². The normalized spacial score (nSPS) is 11.1. The molecule has 6 nitrogen and oxygen atoms in total. The lowest BCUT2D eigenvalue weighted by molar-refractivity contribution is -0.138. The maximum Gasteiger partial charge on any atom is 0.404 e. The Morgan fingerprint density at radius 2 is 1.78 bits per heavy atom. The number of rotatable bonds is 4. The Bertz CT molecular complexity index is 684. The van der Waals surface area contributed by atoms with E-state index in [4.69, 9.17) is 9.84 Å². The molecule has 0 aromatic heterocycles. The largest absolute Gasteiger partial charge is 0.497 e. The maximum absolute atomic E-state index is 10.9. The summed E-state index contributed by atoms with van der Waals surface area (Å²) in [6, 6.07) is 11.4. The van der Waals surface area contributed by atoms with E-state index in [1.807, 2.05) is 36.4 Å². The van der Waals surface area contributed by atoms with Gasteiger partial charge in [0.05, 0.1) is 19.6 Å². The van der Waals surface area contributed by atoms with E-state index >= 15 is 0 Å². The standard InChI is InChI=1S/C14H14O3.C3H7NO2/c1-9(14(15)16)10-3-4-12-8-13(17-2)6-5-11(12)7-10;1-2-6-3(4)5/h3-9H,1-2H3,(H,15,16);2H2,1H3,(H2,4,5)/t9-;/m0./s1. The molecule has 0 aliphatic heterocycles. The average Bonchev–Trinajstić information content (AvgIpc) is 2.53. The van der Waals surface area contributed by atoms with Crippen LogP contribution >= 0.6 is 0 Å². The van der Waals surface area contributed by atoms with E-state index in [0.29, 0.717) is 6.61 Å². The minimum atomic E-state index is -0.808. The summed E-state index contributed by atoms with van der Waals surface area (Å²) in [6.07, 6.45) is -0.711. The first-order chi connectivity index (χ1) is 10.9. The van der Waals surface area contributed by atoms with Crippen LogP contribution in [0.4, 0.5) is 4.79 Å². The van der Waals surface area contributed by atoms with Crippen LogP contribution in [-0.2, 0) is 9.53 Å². The van der Waals surface area contributed by atoms with Crippen molar-refractivity contribution in [2.24, 2.45) is 5.73 Å². The van der Waals surface area contributed by atoms with Gasteiger partial charge in [0.2, 0.25) is 0 Å². The molecule has 0 spiro atoms. The van der Waals surface area contributed by atoms with Gasteiger partial charge in [0.15, 0.2) is 0 Å². The van der Waals surface area contributed by atoms with E-state index in [2.05, 4.69) is 10.5 Å². The third-order valence-corrected chi connectivity index (χ3v) is 3.23. The van der Waals surface area contributed by atoms with Crippen LogP contribution in [0.15, 0.2) is 36.4 Å². The summed E-state index contributed by atoms with van der Waals surface area (Å²) in [7, 11) is 1.63. The summed E-state index contributed by atoms with van der Waals surface area (Å²) in [6.45, 7) is 3.74. The minimum absolute atomic E-state index is 0.356. The Kier molecular flexibility index (Phi) is 6.86. The lowest BCUT2D eigenvalue weighted by Gasteiger charge is -2.08. The lowest BCUT2D eigenvalue weighted by atomic mass is 9.98. The monoisotopic (exact) mass is 319 g/mol. The molecule has 2 aromatic rings. The number of benzene rings is 2. The molecule has 3 N–H and O–H groups in total. The topological polar surface area (TPSA) is 98.9 Å². The molecule has 2 rings (SSSR count). The van der Waals surface area contributed by atoms with E-state index in [0.717, 1.165) is 22.1 Å². The van der Waals surface area contributed by atoms with E-state index in [9.17, 15) is 9.59 Å². The number of carboxylic acid groups (broad SMARTS) is 1. The smallest absolute Gasteiger partial charge is 0.404 e. The Morgan fingerprint density at radius 1 is 1.17 bits per heavy atom. The van der Waals surface area contributed by atoms with Crippen molar-refractivity contribution in [3.8, 4) is 5.75 Å². The van der Waals surface area contributed by atoms with E-state index in [-0.39, 0.29) is 0 Å². The Hall–Kier alpha value is -2.76. The summed E-state index contributed by atoms with van der Waals surface area (Å²) in [5, 5.41) is 11.0. The first-order valence-electron chi connectivity index (χ1n) is 7.11. The van der Waals surface area contributed by atoms with E-state index in [1.165, 1.54) is 0 Å². The first-order valence-corrected chi connectivity index (χ1v) is 7.11. The molecule has 2 aromatic carbocycles. The molecule has 6 heteroatoms. The number of primary amides is 1. The van der Waals surface area contributed by atoms with Gasteiger partial charge in [0.1, 0.15) is 5.75 Å². The van der Waals surface area contributed by atoms with Crippen molar-refractivity contribution in [1.29, 1.82) is 0 Å². The van der Waals surface area contributed by atoms with Gasteiger partial charge in [-0.3, -0.25) is 4.79 Å². The minimum Gasteiger partial charge on any atom is -0.497 e. The molecule has 0 saturated heterocycles. The second-order valence-corrected chi connectivity index (χ2v) is 4.78. The van der Waals surface area contributed by atoms with Crippen LogP contribution in [0.1, 0.15) is 25.3 Å². The van der Waals surface area contributed by atoms with E-state index in [1.54, 1.807) is 21.0 Å². The molecular weight excluding hydrogens is 298 g/mol. The summed E-state index contributed by atoms with van der Waals surface area (Å²) in [5.41, 5.74) is 5.36. The number of methoxy groups -OCH3 is 1. The molecule has 0 saturated carbocycles. The molecular formula is C17H21NO5. The number of hydrogen-bond acceptors (Lipinski definition) is 4. The molecule has 0 aliphatic rings. The number of carboxylic acids is 1. The van der Waals surface area contributed by atoms with Crippen molar-refractivity contribution in [3.63, 3.8) is 0 Å². The molecule has 1 amide bonds. The number of nitrogens with two attached hydrogens (primary N) is 1. The molecule has 0 heterocycles. The fraction of sp³-hybridized carbons (Fsp3) is 0.294. The highest BCUT2D eigenvalue weighted by atomic mass is 16.5. The number of ether oxygens (including phenoxy) is 2. The summed E-state index contributed by atoms with van der Waals surface area (Å²) >= 11 is 0. The average molecular weight is 319 g/mol. The van der Waals surface area contributed by atoms with Gasteiger partial charge in [-0.1, -0.05) is 24.3 Å². The van der Waals surface area contributed by atoms with Crippen molar-refractivity contribution in [1.82, 2.24) is 0 Å². The molecule has 124 valence electrons. The van der Waals surface area contributed by atoms with Crippen LogP contribution in [-0.4, -0.2) is 30.9 Å². The van der Waals surface area contributed by atoms with Crippen LogP contribution in [0.5, 0.6) is 5.75 Å². The van der Waals surface area contributed by atoms with Crippen molar-refractivity contribution >= 4 is 22.8 Å². The third-order valence-electron chi connectivity index (χ3n) is 3.23. The summed E-state index contributed by atoms with van der Waals surface area (Å²) < 4.78 is 9.32. The number of carbonyl (C=O) groups excluding carboxylic acids is 1. The van der Waals surface area contributed by atoms with Gasteiger partial charge in [0.25, 0.3) is 0 Å². The Morgan fingerprint density at radius 3 is 2.26 bits per heavy atom. The van der Waals surface area contributed by atoms with Crippen molar-refractivity contribution < 1.29 is 24.2 Å². The number of amides is 1. The fourth-order valence-corrected chi connectivity index (χ4v) is 1.92. The lowest BCUT2D eigenvalue weighted by Crippen LogP contribution is -2.11. The van der Waals surface area contributed by atoms with Gasteiger partial charge < -0.3 is 20.3 Å². The summed E-state index contributed by atoms with van der Waals surface area (Å²) in [5.74, 6) is -0.490. The predicted molar refractivity (Wildman–Crippen MR) is 87.8 cm³/mol. The fourth-order valence-electron chi connectivity index (χ4n) is 1.92. The molecule has 23 heavy (non-hydrogen) atoms. The zero-order valence-corrected chi connectivity index (χ0v) is 13.4.